The van der Waals surface area contributed by atoms with Crippen molar-refractivity contribution in [2.45, 2.75) is 30.4 Å². The van der Waals surface area contributed by atoms with Gasteiger partial charge in [-0.05, 0) is 6.07 Å². The lowest BCUT2D eigenvalue weighted by atomic mass is 10.2. The van der Waals surface area contributed by atoms with Gasteiger partial charge in [-0.1, -0.05) is 20.8 Å². The molecular formula is C12H14N2O2S. The molecule has 0 radical (unpaired) electrons. The highest BCUT2D eigenvalue weighted by Crippen LogP contribution is 2.38. The summed E-state index contributed by atoms with van der Waals surface area (Å²) in [7, 11) is 0. The number of rotatable bonds is 1. The number of H-pyrrole nitrogens is 1. The molecule has 5 heteroatoms. The van der Waals surface area contributed by atoms with Gasteiger partial charge in [0.15, 0.2) is 0 Å². The van der Waals surface area contributed by atoms with E-state index >= 15 is 0 Å². The monoisotopic (exact) mass is 250 g/mol. The normalized spacial score (nSPS) is 11.9. The van der Waals surface area contributed by atoms with E-state index in [0.717, 1.165) is 0 Å². The molecule has 0 unspecified atom stereocenters. The smallest absolute Gasteiger partial charge is 0.258 e. The van der Waals surface area contributed by atoms with Crippen LogP contribution < -0.4 is 5.56 Å². The first-order valence-electron chi connectivity index (χ1n) is 5.26. The van der Waals surface area contributed by atoms with Gasteiger partial charge in [-0.25, -0.2) is 4.98 Å². The predicted molar refractivity (Wildman–Crippen MR) is 69.6 cm³/mol. The summed E-state index contributed by atoms with van der Waals surface area (Å²) in [5, 5.41) is 10.4. The number of aromatic hydroxyl groups is 1. The summed E-state index contributed by atoms with van der Waals surface area (Å²) in [4.78, 5) is 18.9. The lowest BCUT2D eigenvalue weighted by Crippen LogP contribution is -2.08. The Kier molecular flexibility index (Phi) is 2.87. The fourth-order valence-corrected chi connectivity index (χ4v) is 2.50. The van der Waals surface area contributed by atoms with Crippen LogP contribution in [0, 0.1) is 0 Å². The number of hydrogen-bond acceptors (Lipinski definition) is 4. The van der Waals surface area contributed by atoms with Gasteiger partial charge in [0.1, 0.15) is 5.75 Å². The van der Waals surface area contributed by atoms with E-state index in [2.05, 4.69) is 30.7 Å². The van der Waals surface area contributed by atoms with Gasteiger partial charge < -0.3 is 10.1 Å². The molecule has 0 bridgehead atoms. The number of nitrogens with zero attached hydrogens (tertiary/aromatic N) is 1. The van der Waals surface area contributed by atoms with E-state index < -0.39 is 0 Å². The molecule has 0 aliphatic rings. The predicted octanol–water partition coefficient (Wildman–Crippen LogP) is 2.52. The number of hydrogen-bond donors (Lipinski definition) is 2. The summed E-state index contributed by atoms with van der Waals surface area (Å²) in [5.74, 6) is 0.163. The van der Waals surface area contributed by atoms with Crippen molar-refractivity contribution in [1.82, 2.24) is 9.97 Å². The zero-order valence-corrected chi connectivity index (χ0v) is 10.8. The van der Waals surface area contributed by atoms with Crippen LogP contribution in [0.1, 0.15) is 20.8 Å². The highest BCUT2D eigenvalue weighted by atomic mass is 32.2. The number of aromatic amines is 1. The Labute approximate surface area is 103 Å². The minimum Gasteiger partial charge on any atom is -0.507 e. The van der Waals surface area contributed by atoms with Gasteiger partial charge in [0, 0.05) is 10.8 Å². The maximum absolute atomic E-state index is 11.6. The largest absolute Gasteiger partial charge is 0.507 e. The van der Waals surface area contributed by atoms with Gasteiger partial charge in [-0.15, -0.1) is 11.8 Å². The number of aromatic nitrogens is 2. The Hall–Kier alpha value is -1.49. The van der Waals surface area contributed by atoms with Crippen molar-refractivity contribution in [1.29, 1.82) is 0 Å². The molecule has 0 spiro atoms. The van der Waals surface area contributed by atoms with Crippen LogP contribution in [0.4, 0.5) is 0 Å². The lowest BCUT2D eigenvalue weighted by molar-refractivity contribution is 0.463. The average molecular weight is 250 g/mol. The molecule has 2 N–H and O–H groups in total. The van der Waals surface area contributed by atoms with E-state index in [1.54, 1.807) is 6.07 Å². The second-order valence-electron chi connectivity index (χ2n) is 4.78. The average Bonchev–Trinajstić information content (AvgIpc) is 2.18. The zero-order chi connectivity index (χ0) is 12.6. The molecule has 0 atom stereocenters. The molecule has 1 aromatic heterocycles. The molecule has 1 heterocycles. The maximum Gasteiger partial charge on any atom is 0.258 e. The number of benzene rings is 1. The topological polar surface area (TPSA) is 66.0 Å². The van der Waals surface area contributed by atoms with Gasteiger partial charge in [-0.2, -0.15) is 0 Å². The lowest BCUT2D eigenvalue weighted by Gasteiger charge is -2.18. The Morgan fingerprint density at radius 3 is 2.71 bits per heavy atom. The molecule has 0 aliphatic carbocycles. The van der Waals surface area contributed by atoms with E-state index in [9.17, 15) is 9.90 Å². The van der Waals surface area contributed by atoms with Crippen LogP contribution in [-0.4, -0.2) is 19.8 Å². The first-order valence-corrected chi connectivity index (χ1v) is 6.08. The van der Waals surface area contributed by atoms with Crippen LogP contribution in [0.2, 0.25) is 0 Å². The van der Waals surface area contributed by atoms with Crippen molar-refractivity contribution in [3.05, 3.63) is 28.8 Å². The quantitative estimate of drug-likeness (QED) is 0.763. The third-order valence-electron chi connectivity index (χ3n) is 2.14. The van der Waals surface area contributed by atoms with E-state index in [-0.39, 0.29) is 16.1 Å². The van der Waals surface area contributed by atoms with E-state index in [4.69, 9.17) is 0 Å². The minimum atomic E-state index is -0.189. The second kappa shape index (κ2) is 4.07. The summed E-state index contributed by atoms with van der Waals surface area (Å²) in [6, 6.07) is 3.21. The van der Waals surface area contributed by atoms with Crippen molar-refractivity contribution in [3.63, 3.8) is 0 Å². The first kappa shape index (κ1) is 12.0. The number of phenolic OH excluding ortho intramolecular Hbond substituents is 1. The first-order chi connectivity index (χ1) is 7.87. The number of nitrogens with one attached hydrogen (secondary N) is 1. The molecule has 4 nitrogen and oxygen atoms in total. The summed E-state index contributed by atoms with van der Waals surface area (Å²) in [6.45, 7) is 6.15. The molecule has 0 amide bonds. The Bertz CT molecular complexity index is 614. The molecule has 90 valence electrons. The third kappa shape index (κ3) is 2.61. The highest BCUT2D eigenvalue weighted by Gasteiger charge is 2.16. The van der Waals surface area contributed by atoms with Gasteiger partial charge >= 0.3 is 0 Å². The second-order valence-corrected chi connectivity index (χ2v) is 6.65. The van der Waals surface area contributed by atoms with E-state index in [1.807, 2.05) is 0 Å². The third-order valence-corrected chi connectivity index (χ3v) is 3.30. The van der Waals surface area contributed by atoms with Gasteiger partial charge in [0.25, 0.3) is 5.56 Å². The Morgan fingerprint density at radius 1 is 1.35 bits per heavy atom. The summed E-state index contributed by atoms with van der Waals surface area (Å²) in [6.07, 6.45) is 1.33. The van der Waals surface area contributed by atoms with Crippen LogP contribution >= 0.6 is 11.8 Å². The maximum atomic E-state index is 11.6. The van der Waals surface area contributed by atoms with Crippen molar-refractivity contribution >= 4 is 22.7 Å². The van der Waals surface area contributed by atoms with Crippen molar-refractivity contribution in [2.24, 2.45) is 0 Å². The number of thioether (sulfide) groups is 1. The van der Waals surface area contributed by atoms with Crippen LogP contribution in [0.3, 0.4) is 0 Å². The molecular weight excluding hydrogens is 236 g/mol. The molecule has 2 aromatic rings. The standard InChI is InChI=1S/C12H14N2O2S/c1-12(2,3)17-10-4-7-8(5-9(10)15)13-6-14-11(7)16/h4-6,15H,1-3H3,(H,13,14,16). The summed E-state index contributed by atoms with van der Waals surface area (Å²) < 4.78 is -0.0277. The van der Waals surface area contributed by atoms with Crippen molar-refractivity contribution in [2.75, 3.05) is 0 Å². The zero-order valence-electron chi connectivity index (χ0n) is 9.94. The molecule has 2 rings (SSSR count). The molecule has 0 aliphatic heterocycles. The molecule has 0 fully saturated rings. The fraction of sp³-hybridized carbons (Fsp3) is 0.333. The Morgan fingerprint density at radius 2 is 2.06 bits per heavy atom. The van der Waals surface area contributed by atoms with Gasteiger partial charge in [0.2, 0.25) is 0 Å². The summed E-state index contributed by atoms with van der Waals surface area (Å²) in [5.41, 5.74) is 0.315. The van der Waals surface area contributed by atoms with E-state index in [1.165, 1.54) is 24.2 Å². The molecule has 1 aromatic carbocycles. The van der Waals surface area contributed by atoms with Crippen LogP contribution in [-0.2, 0) is 0 Å². The van der Waals surface area contributed by atoms with Crippen molar-refractivity contribution in [3.8, 4) is 5.75 Å². The van der Waals surface area contributed by atoms with Gasteiger partial charge in [-0.3, -0.25) is 4.79 Å². The SMILES string of the molecule is CC(C)(C)Sc1cc2c(=O)[nH]cnc2cc1O. The fourth-order valence-electron chi connectivity index (χ4n) is 1.50. The number of fused-ring (bicyclic) bond motifs is 1. The number of phenols is 1. The van der Waals surface area contributed by atoms with Crippen LogP contribution in [0.25, 0.3) is 10.9 Å². The minimum absolute atomic E-state index is 0.0277. The molecule has 0 saturated carbocycles. The van der Waals surface area contributed by atoms with Crippen LogP contribution in [0.15, 0.2) is 28.2 Å². The Balaban J connectivity index is 2.62. The molecule has 0 saturated heterocycles. The van der Waals surface area contributed by atoms with Gasteiger partial charge in [0.05, 0.1) is 22.1 Å². The van der Waals surface area contributed by atoms with Crippen LogP contribution in [0.5, 0.6) is 5.75 Å². The summed E-state index contributed by atoms with van der Waals surface area (Å²) >= 11 is 1.52. The molecule has 17 heavy (non-hydrogen) atoms. The highest BCUT2D eigenvalue weighted by molar-refractivity contribution is 8.00. The van der Waals surface area contributed by atoms with Crippen molar-refractivity contribution < 1.29 is 5.11 Å². The van der Waals surface area contributed by atoms with E-state index in [0.29, 0.717) is 15.8 Å².